The van der Waals surface area contributed by atoms with Gasteiger partial charge in [-0.25, -0.2) is 9.59 Å². The Hall–Kier alpha value is -3.72. The summed E-state index contributed by atoms with van der Waals surface area (Å²) in [6, 6.07) is 16.0. The van der Waals surface area contributed by atoms with Crippen molar-refractivity contribution in [2.45, 2.75) is 39.2 Å². The summed E-state index contributed by atoms with van der Waals surface area (Å²) >= 11 is 0. The zero-order valence-corrected chi connectivity index (χ0v) is 18.5. The fraction of sp³-hybridized carbons (Fsp3) is 0.333. The molecule has 2 aromatic carbocycles. The molecule has 1 heterocycles. The summed E-state index contributed by atoms with van der Waals surface area (Å²) < 4.78 is 10.4. The number of hydrogen-bond acceptors (Lipinski definition) is 7. The van der Waals surface area contributed by atoms with E-state index in [4.69, 9.17) is 29.3 Å². The van der Waals surface area contributed by atoms with E-state index >= 15 is 0 Å². The third-order valence-electron chi connectivity index (χ3n) is 4.88. The molecule has 3 rings (SSSR count). The highest BCUT2D eigenvalue weighted by Gasteiger charge is 2.23. The Kier molecular flexibility index (Phi) is 9.56. The number of esters is 2. The fourth-order valence-electron chi connectivity index (χ4n) is 3.57. The summed E-state index contributed by atoms with van der Waals surface area (Å²) in [5, 5.41) is 14.8. The highest BCUT2D eigenvalue weighted by molar-refractivity contribution is 6.27. The van der Waals surface area contributed by atoms with Crippen LogP contribution in [0.2, 0.25) is 0 Å². The van der Waals surface area contributed by atoms with Gasteiger partial charge < -0.3 is 19.7 Å². The van der Waals surface area contributed by atoms with Gasteiger partial charge in [-0.1, -0.05) is 36.4 Å². The van der Waals surface area contributed by atoms with E-state index in [1.165, 1.54) is 19.4 Å². The van der Waals surface area contributed by atoms with Crippen LogP contribution < -0.4 is 9.47 Å². The summed E-state index contributed by atoms with van der Waals surface area (Å²) in [7, 11) is 0. The summed E-state index contributed by atoms with van der Waals surface area (Å²) in [6.07, 6.45) is 2.20. The number of carbonyl (C=O) groups is 4. The third-order valence-corrected chi connectivity index (χ3v) is 4.88. The Labute approximate surface area is 191 Å². The molecule has 0 amide bonds. The maximum Gasteiger partial charge on any atom is 0.414 e. The number of ether oxygens (including phenoxy) is 2. The molecule has 9 nitrogen and oxygen atoms in total. The average molecular weight is 457 g/mol. The molecule has 1 aliphatic rings. The standard InChI is InChI=1S/C22H25NO4.C2H2O4/c1-16(24)26-21-11-10-19(13-22(21)27-17(2)25)20-9-6-12-23(15-20)14-18-7-4-3-5-8-18;3-1(4)2(5)6/h3-5,7-8,10-11,13,20H,6,9,12,14-15H2,1-2H3;(H,3,4)(H,5,6). The molecule has 1 atom stereocenters. The quantitative estimate of drug-likeness (QED) is 0.395. The minimum atomic E-state index is -1.82. The van der Waals surface area contributed by atoms with Crippen LogP contribution in [0.25, 0.3) is 0 Å². The van der Waals surface area contributed by atoms with Gasteiger partial charge in [0.05, 0.1) is 0 Å². The first-order valence-corrected chi connectivity index (χ1v) is 10.4. The molecule has 0 bridgehead atoms. The van der Waals surface area contributed by atoms with Crippen LogP contribution in [0.5, 0.6) is 11.5 Å². The Bertz CT molecular complexity index is 977. The second kappa shape index (κ2) is 12.4. The summed E-state index contributed by atoms with van der Waals surface area (Å²) in [5.74, 6) is -3.60. The Balaban J connectivity index is 0.000000569. The van der Waals surface area contributed by atoms with Crippen LogP contribution in [0, 0.1) is 0 Å². The number of carbonyl (C=O) groups excluding carboxylic acids is 2. The van der Waals surface area contributed by atoms with Gasteiger partial charge in [-0.2, -0.15) is 0 Å². The van der Waals surface area contributed by atoms with Crippen LogP contribution in [-0.4, -0.2) is 52.1 Å². The molecule has 1 fully saturated rings. The molecular weight excluding hydrogens is 430 g/mol. The molecule has 0 aliphatic carbocycles. The maximum absolute atomic E-state index is 11.4. The molecule has 176 valence electrons. The van der Waals surface area contributed by atoms with Crippen molar-refractivity contribution in [2.24, 2.45) is 0 Å². The van der Waals surface area contributed by atoms with E-state index in [0.717, 1.165) is 38.0 Å². The van der Waals surface area contributed by atoms with Crippen molar-refractivity contribution in [3.05, 3.63) is 59.7 Å². The Morgan fingerprint density at radius 3 is 2.09 bits per heavy atom. The minimum Gasteiger partial charge on any atom is -0.473 e. The monoisotopic (exact) mass is 457 g/mol. The first kappa shape index (κ1) is 25.5. The molecule has 1 aliphatic heterocycles. The second-order valence-electron chi connectivity index (χ2n) is 7.56. The van der Waals surface area contributed by atoms with E-state index in [2.05, 4.69) is 29.2 Å². The lowest BCUT2D eigenvalue weighted by atomic mass is 9.90. The van der Waals surface area contributed by atoms with Gasteiger partial charge >= 0.3 is 23.9 Å². The highest BCUT2D eigenvalue weighted by Crippen LogP contribution is 2.35. The lowest BCUT2D eigenvalue weighted by Crippen LogP contribution is -2.33. The number of benzene rings is 2. The molecule has 1 saturated heterocycles. The molecular formula is C24H27NO8. The molecule has 2 N–H and O–H groups in total. The van der Waals surface area contributed by atoms with Crippen molar-refractivity contribution in [2.75, 3.05) is 13.1 Å². The summed E-state index contributed by atoms with van der Waals surface area (Å²) in [6.45, 7) is 5.62. The van der Waals surface area contributed by atoms with E-state index < -0.39 is 23.9 Å². The van der Waals surface area contributed by atoms with Gasteiger partial charge in [0.1, 0.15) is 0 Å². The van der Waals surface area contributed by atoms with E-state index in [1.807, 2.05) is 18.2 Å². The first-order valence-electron chi connectivity index (χ1n) is 10.4. The third kappa shape index (κ3) is 8.74. The van der Waals surface area contributed by atoms with Crippen LogP contribution in [0.3, 0.4) is 0 Å². The lowest BCUT2D eigenvalue weighted by molar-refractivity contribution is -0.159. The van der Waals surface area contributed by atoms with E-state index in [9.17, 15) is 9.59 Å². The maximum atomic E-state index is 11.4. The largest absolute Gasteiger partial charge is 0.473 e. The van der Waals surface area contributed by atoms with Crippen molar-refractivity contribution in [1.82, 2.24) is 4.90 Å². The molecule has 0 spiro atoms. The van der Waals surface area contributed by atoms with Gasteiger partial charge in [-0.15, -0.1) is 0 Å². The zero-order valence-electron chi connectivity index (χ0n) is 18.5. The lowest BCUT2D eigenvalue weighted by Gasteiger charge is -2.33. The number of aliphatic carboxylic acids is 2. The van der Waals surface area contributed by atoms with Gasteiger partial charge in [0.25, 0.3) is 0 Å². The Morgan fingerprint density at radius 1 is 0.909 bits per heavy atom. The van der Waals surface area contributed by atoms with Crippen molar-refractivity contribution >= 4 is 23.9 Å². The van der Waals surface area contributed by atoms with Crippen LogP contribution in [0.1, 0.15) is 43.7 Å². The number of hydrogen-bond donors (Lipinski definition) is 2. The summed E-state index contributed by atoms with van der Waals surface area (Å²) in [5.41, 5.74) is 2.41. The van der Waals surface area contributed by atoms with Gasteiger partial charge in [0.2, 0.25) is 0 Å². The first-order chi connectivity index (χ1) is 15.7. The molecule has 2 aromatic rings. The second-order valence-corrected chi connectivity index (χ2v) is 7.56. The van der Waals surface area contributed by atoms with Crippen molar-refractivity contribution < 1.29 is 38.9 Å². The van der Waals surface area contributed by atoms with Crippen molar-refractivity contribution in [1.29, 1.82) is 0 Å². The van der Waals surface area contributed by atoms with Gasteiger partial charge in [0.15, 0.2) is 11.5 Å². The Morgan fingerprint density at radius 2 is 1.52 bits per heavy atom. The topological polar surface area (TPSA) is 130 Å². The van der Waals surface area contributed by atoms with E-state index in [-0.39, 0.29) is 5.75 Å². The molecule has 0 saturated carbocycles. The highest BCUT2D eigenvalue weighted by atomic mass is 16.6. The normalized spacial score (nSPS) is 15.5. The number of carboxylic acids is 2. The van der Waals surface area contributed by atoms with Crippen molar-refractivity contribution in [3.8, 4) is 11.5 Å². The fourth-order valence-corrected chi connectivity index (χ4v) is 3.57. The van der Waals surface area contributed by atoms with Crippen LogP contribution in [0.15, 0.2) is 48.5 Å². The summed E-state index contributed by atoms with van der Waals surface area (Å²) in [4.78, 5) is 43.4. The zero-order chi connectivity index (χ0) is 24.4. The molecule has 33 heavy (non-hydrogen) atoms. The van der Waals surface area contributed by atoms with Gasteiger partial charge in [-0.3, -0.25) is 14.5 Å². The SMILES string of the molecule is CC(=O)Oc1ccc(C2CCCN(Cc3ccccc3)C2)cc1OC(C)=O.O=C(O)C(=O)O. The predicted molar refractivity (Wildman–Crippen MR) is 118 cm³/mol. The molecule has 1 unspecified atom stereocenters. The van der Waals surface area contributed by atoms with Gasteiger partial charge in [0, 0.05) is 26.9 Å². The van der Waals surface area contributed by atoms with E-state index in [0.29, 0.717) is 11.7 Å². The average Bonchev–Trinajstić information content (AvgIpc) is 2.75. The van der Waals surface area contributed by atoms with Crippen molar-refractivity contribution in [3.63, 3.8) is 0 Å². The molecule has 0 radical (unpaired) electrons. The van der Waals surface area contributed by atoms with Crippen LogP contribution in [0.4, 0.5) is 0 Å². The van der Waals surface area contributed by atoms with Crippen LogP contribution in [-0.2, 0) is 25.7 Å². The number of nitrogens with zero attached hydrogens (tertiary/aromatic N) is 1. The number of carboxylic acid groups (broad SMARTS) is 2. The van der Waals surface area contributed by atoms with Crippen LogP contribution >= 0.6 is 0 Å². The number of rotatable bonds is 5. The number of likely N-dealkylation sites (tertiary alicyclic amines) is 1. The number of piperidine rings is 1. The molecule has 0 aromatic heterocycles. The predicted octanol–water partition coefficient (Wildman–Crippen LogP) is 3.07. The minimum absolute atomic E-state index is 0.276. The smallest absolute Gasteiger partial charge is 0.414 e. The van der Waals surface area contributed by atoms with Gasteiger partial charge in [-0.05, 0) is 48.6 Å². The molecule has 9 heteroatoms. The van der Waals surface area contributed by atoms with E-state index in [1.54, 1.807) is 6.07 Å².